The highest BCUT2D eigenvalue weighted by molar-refractivity contribution is 7.98. The molecule has 0 fully saturated rings. The zero-order valence-electron chi connectivity index (χ0n) is 20.6. The number of ketones is 3. The Labute approximate surface area is 207 Å². The number of ether oxygens (including phenoxy) is 1. The summed E-state index contributed by atoms with van der Waals surface area (Å²) >= 11 is 1.64. The fourth-order valence-corrected chi connectivity index (χ4v) is 3.93. The number of nitrogens with one attached hydrogen (secondary N) is 3. The molecule has 190 valence electrons. The summed E-state index contributed by atoms with van der Waals surface area (Å²) in [5.74, 6) is 0.379. The van der Waals surface area contributed by atoms with E-state index in [0.717, 1.165) is 12.2 Å². The minimum Gasteiger partial charge on any atom is -0.383 e. The number of hydrogen-bond acceptors (Lipinski definition) is 7. The Hall–Kier alpha value is -2.23. The molecule has 2 atom stereocenters. The van der Waals surface area contributed by atoms with Gasteiger partial charge in [-0.3, -0.25) is 14.4 Å². The fourth-order valence-electron chi connectivity index (χ4n) is 3.41. The summed E-state index contributed by atoms with van der Waals surface area (Å²) in [5, 5.41) is 8.57. The first kappa shape index (κ1) is 29.8. The van der Waals surface area contributed by atoms with Crippen LogP contribution in [0.5, 0.6) is 0 Å². The normalized spacial score (nSPS) is 12.6. The van der Waals surface area contributed by atoms with Gasteiger partial charge in [-0.15, -0.1) is 0 Å². The molecule has 2 amide bonds. The molecule has 0 spiro atoms. The maximum atomic E-state index is 13.0. The van der Waals surface area contributed by atoms with Crippen molar-refractivity contribution in [3.8, 4) is 0 Å². The van der Waals surface area contributed by atoms with Crippen LogP contribution in [0.15, 0.2) is 30.3 Å². The number of rotatable bonds is 19. The Kier molecular flexibility index (Phi) is 15.9. The summed E-state index contributed by atoms with van der Waals surface area (Å²) in [6, 6.07) is 8.03. The van der Waals surface area contributed by atoms with E-state index in [2.05, 4.69) is 16.0 Å². The van der Waals surface area contributed by atoms with Gasteiger partial charge < -0.3 is 20.7 Å². The third-order valence-corrected chi connectivity index (χ3v) is 6.10. The molecule has 3 N–H and O–H groups in total. The molecule has 1 aromatic rings. The van der Waals surface area contributed by atoms with Crippen molar-refractivity contribution in [2.24, 2.45) is 5.92 Å². The quantitative estimate of drug-likeness (QED) is 0.201. The van der Waals surface area contributed by atoms with Crippen LogP contribution in [-0.2, 0) is 14.3 Å². The lowest BCUT2D eigenvalue weighted by Gasteiger charge is -2.21. The number of hydrogen-bond donors (Lipinski definition) is 3. The van der Waals surface area contributed by atoms with Crippen LogP contribution in [-0.4, -0.2) is 74.8 Å². The highest BCUT2D eigenvalue weighted by atomic mass is 32.2. The number of amides is 2. The van der Waals surface area contributed by atoms with Crippen molar-refractivity contribution in [2.75, 3.05) is 45.4 Å². The number of methoxy groups -OCH3 is 1. The average molecular weight is 494 g/mol. The van der Waals surface area contributed by atoms with Crippen molar-refractivity contribution in [3.63, 3.8) is 0 Å². The number of carbonyl (C=O) groups is 4. The zero-order chi connectivity index (χ0) is 25.2. The standard InChI is InChI=1S/C25H39N3O5S/c1-19(29)21(12-16-34-3)17-23(30)22(28-25(32)27-14-15-33-2)11-7-8-13-26-18-24(31)20-9-5-4-6-10-20/h4-6,9-10,21-22,26H,7-8,11-18H2,1-3H3,(H2,27,28,32)/t21-,22+/m1/s1. The Morgan fingerprint density at radius 2 is 1.76 bits per heavy atom. The molecule has 9 heteroatoms. The number of benzene rings is 1. The van der Waals surface area contributed by atoms with Gasteiger partial charge in [-0.05, 0) is 51.2 Å². The monoisotopic (exact) mass is 493 g/mol. The Morgan fingerprint density at radius 1 is 1.03 bits per heavy atom. The van der Waals surface area contributed by atoms with Crippen molar-refractivity contribution in [2.45, 2.75) is 45.1 Å². The van der Waals surface area contributed by atoms with E-state index in [1.165, 1.54) is 6.92 Å². The summed E-state index contributed by atoms with van der Waals surface area (Å²) in [7, 11) is 1.55. The topological polar surface area (TPSA) is 114 Å². The van der Waals surface area contributed by atoms with Gasteiger partial charge in [0.05, 0.1) is 19.2 Å². The smallest absolute Gasteiger partial charge is 0.315 e. The number of unbranched alkanes of at least 4 members (excludes halogenated alkanes) is 1. The number of urea groups is 1. The summed E-state index contributed by atoms with van der Waals surface area (Å²) in [4.78, 5) is 49.3. The third-order valence-electron chi connectivity index (χ3n) is 5.46. The molecule has 0 aliphatic heterocycles. The van der Waals surface area contributed by atoms with Gasteiger partial charge in [-0.2, -0.15) is 11.8 Å². The highest BCUT2D eigenvalue weighted by Gasteiger charge is 2.25. The maximum absolute atomic E-state index is 13.0. The minimum atomic E-state index is -0.662. The van der Waals surface area contributed by atoms with Gasteiger partial charge in [0.2, 0.25) is 0 Å². The van der Waals surface area contributed by atoms with Gasteiger partial charge in [-0.1, -0.05) is 30.3 Å². The lowest BCUT2D eigenvalue weighted by atomic mass is 9.91. The molecule has 0 saturated heterocycles. The minimum absolute atomic E-state index is 0.00187. The van der Waals surface area contributed by atoms with Crippen LogP contribution >= 0.6 is 11.8 Å². The van der Waals surface area contributed by atoms with Gasteiger partial charge >= 0.3 is 6.03 Å². The van der Waals surface area contributed by atoms with Crippen molar-refractivity contribution >= 4 is 35.1 Å². The van der Waals surface area contributed by atoms with E-state index in [9.17, 15) is 19.2 Å². The predicted octanol–water partition coefficient (Wildman–Crippen LogP) is 2.86. The molecule has 0 heterocycles. The molecule has 0 bridgehead atoms. The second kappa shape index (κ2) is 18.1. The molecule has 0 aliphatic rings. The average Bonchev–Trinajstić information content (AvgIpc) is 2.83. The molecule has 0 aromatic heterocycles. The van der Waals surface area contributed by atoms with Crippen molar-refractivity contribution in [1.82, 2.24) is 16.0 Å². The largest absolute Gasteiger partial charge is 0.383 e. The second-order valence-electron chi connectivity index (χ2n) is 8.17. The number of thioether (sulfide) groups is 1. The van der Waals surface area contributed by atoms with Crippen LogP contribution in [0.3, 0.4) is 0 Å². The fraction of sp³-hybridized carbons (Fsp3) is 0.600. The van der Waals surface area contributed by atoms with Gasteiger partial charge in [-0.25, -0.2) is 4.79 Å². The molecule has 8 nitrogen and oxygen atoms in total. The van der Waals surface area contributed by atoms with Crippen molar-refractivity contribution in [1.29, 1.82) is 0 Å². The van der Waals surface area contributed by atoms with Crippen LogP contribution in [0.2, 0.25) is 0 Å². The Bertz CT molecular complexity index is 760. The van der Waals surface area contributed by atoms with Crippen LogP contribution < -0.4 is 16.0 Å². The molecule has 0 unspecified atom stereocenters. The zero-order valence-corrected chi connectivity index (χ0v) is 21.4. The highest BCUT2D eigenvalue weighted by Crippen LogP contribution is 2.16. The van der Waals surface area contributed by atoms with Crippen LogP contribution in [0.25, 0.3) is 0 Å². The molecule has 0 aliphatic carbocycles. The summed E-state index contributed by atoms with van der Waals surface area (Å²) in [6.07, 6.45) is 4.66. The van der Waals surface area contributed by atoms with Gasteiger partial charge in [0.1, 0.15) is 5.78 Å². The lowest BCUT2D eigenvalue weighted by molar-refractivity contribution is -0.127. The maximum Gasteiger partial charge on any atom is 0.315 e. The van der Waals surface area contributed by atoms with Crippen LogP contribution in [0.4, 0.5) is 4.79 Å². The molecule has 34 heavy (non-hydrogen) atoms. The molecule has 0 saturated carbocycles. The van der Waals surface area contributed by atoms with E-state index < -0.39 is 12.1 Å². The lowest BCUT2D eigenvalue weighted by Crippen LogP contribution is -2.47. The van der Waals surface area contributed by atoms with E-state index >= 15 is 0 Å². The van der Waals surface area contributed by atoms with E-state index in [1.807, 2.05) is 24.5 Å². The van der Waals surface area contributed by atoms with E-state index in [1.54, 1.807) is 31.0 Å². The first-order valence-corrected chi connectivity index (χ1v) is 13.1. The van der Waals surface area contributed by atoms with Gasteiger partial charge in [0.25, 0.3) is 0 Å². The third kappa shape index (κ3) is 12.9. The van der Waals surface area contributed by atoms with E-state index in [0.29, 0.717) is 44.5 Å². The molecule has 1 rings (SSSR count). The van der Waals surface area contributed by atoms with Crippen molar-refractivity contribution < 1.29 is 23.9 Å². The predicted molar refractivity (Wildman–Crippen MR) is 136 cm³/mol. The Balaban J connectivity index is 2.53. The summed E-state index contributed by atoms with van der Waals surface area (Å²) < 4.78 is 4.93. The first-order valence-electron chi connectivity index (χ1n) is 11.7. The van der Waals surface area contributed by atoms with Crippen LogP contribution in [0.1, 0.15) is 49.4 Å². The SMILES string of the molecule is COCCNC(=O)N[C@@H](CCCCNCC(=O)c1ccccc1)C(=O)C[C@@H](CCSC)C(C)=O. The van der Waals surface area contributed by atoms with E-state index in [4.69, 9.17) is 4.74 Å². The first-order chi connectivity index (χ1) is 16.4. The summed E-state index contributed by atoms with van der Waals surface area (Å²) in [6.45, 7) is 3.11. The van der Waals surface area contributed by atoms with E-state index in [-0.39, 0.29) is 36.2 Å². The number of Topliss-reactive ketones (excluding diaryl/α,β-unsaturated/α-hetero) is 3. The molecule has 1 aromatic carbocycles. The van der Waals surface area contributed by atoms with Gasteiger partial charge in [0, 0.05) is 31.6 Å². The Morgan fingerprint density at radius 3 is 2.41 bits per heavy atom. The second-order valence-corrected chi connectivity index (χ2v) is 9.15. The van der Waals surface area contributed by atoms with Crippen molar-refractivity contribution in [3.05, 3.63) is 35.9 Å². The van der Waals surface area contributed by atoms with Gasteiger partial charge in [0.15, 0.2) is 11.6 Å². The van der Waals surface area contributed by atoms with Crippen LogP contribution in [0, 0.1) is 5.92 Å². The molecule has 0 radical (unpaired) electrons. The molecular formula is C25H39N3O5S. The molecular weight excluding hydrogens is 454 g/mol. The number of carbonyl (C=O) groups excluding carboxylic acids is 4. The summed E-state index contributed by atoms with van der Waals surface area (Å²) in [5.41, 5.74) is 0.672.